The molecule has 0 aliphatic heterocycles. The van der Waals surface area contributed by atoms with Crippen molar-refractivity contribution in [2.24, 2.45) is 0 Å². The highest BCUT2D eigenvalue weighted by molar-refractivity contribution is 6.31. The van der Waals surface area contributed by atoms with Gasteiger partial charge in [0, 0.05) is 21.9 Å². The second kappa shape index (κ2) is 3.90. The average Bonchev–Trinajstić information content (AvgIpc) is 2.35. The molecule has 2 aromatic carbocycles. The van der Waals surface area contributed by atoms with Crippen LogP contribution in [0.25, 0.3) is 21.8 Å². The first-order chi connectivity index (χ1) is 8.26. The Kier molecular flexibility index (Phi) is 2.37. The molecular weight excluding hydrogens is 234 g/mol. The molecule has 0 bridgehead atoms. The molecule has 0 amide bonds. The van der Waals surface area contributed by atoms with Gasteiger partial charge >= 0.3 is 0 Å². The van der Waals surface area contributed by atoms with E-state index in [0.29, 0.717) is 5.02 Å². The second-order valence-corrected chi connectivity index (χ2v) is 4.32. The predicted molar refractivity (Wildman–Crippen MR) is 70.8 cm³/mol. The van der Waals surface area contributed by atoms with E-state index in [-0.39, 0.29) is 0 Å². The van der Waals surface area contributed by atoms with Crippen LogP contribution in [0.5, 0.6) is 5.75 Å². The summed E-state index contributed by atoms with van der Waals surface area (Å²) >= 11 is 5.96. The summed E-state index contributed by atoms with van der Waals surface area (Å²) in [7, 11) is 1.65. The van der Waals surface area contributed by atoms with Gasteiger partial charge in [0.1, 0.15) is 5.75 Å². The average molecular weight is 244 g/mol. The van der Waals surface area contributed by atoms with Crippen LogP contribution in [-0.4, -0.2) is 12.1 Å². The van der Waals surface area contributed by atoms with Crippen molar-refractivity contribution in [3.8, 4) is 5.75 Å². The van der Waals surface area contributed by atoms with Gasteiger partial charge in [0.05, 0.1) is 18.1 Å². The van der Waals surface area contributed by atoms with Crippen LogP contribution in [0.4, 0.5) is 0 Å². The van der Waals surface area contributed by atoms with Crippen molar-refractivity contribution in [1.29, 1.82) is 0 Å². The highest BCUT2D eigenvalue weighted by atomic mass is 35.5. The van der Waals surface area contributed by atoms with E-state index in [1.165, 1.54) is 0 Å². The Balaban J connectivity index is 2.36. The predicted octanol–water partition coefficient (Wildman–Crippen LogP) is 4.05. The fourth-order valence-electron chi connectivity index (χ4n) is 1.90. The van der Waals surface area contributed by atoms with Gasteiger partial charge in [-0.2, -0.15) is 0 Å². The Morgan fingerprint density at radius 3 is 2.41 bits per heavy atom. The molecule has 1 aromatic heterocycles. The van der Waals surface area contributed by atoms with Crippen LogP contribution >= 0.6 is 11.6 Å². The molecule has 0 aliphatic rings. The van der Waals surface area contributed by atoms with Gasteiger partial charge in [0.25, 0.3) is 0 Å². The van der Waals surface area contributed by atoms with Crippen LogP contribution in [0, 0.1) is 0 Å². The first kappa shape index (κ1) is 10.4. The van der Waals surface area contributed by atoms with Gasteiger partial charge in [-0.3, -0.25) is 0 Å². The van der Waals surface area contributed by atoms with E-state index in [9.17, 15) is 0 Å². The minimum atomic E-state index is 0.701. The van der Waals surface area contributed by atoms with Crippen LogP contribution in [0.1, 0.15) is 0 Å². The van der Waals surface area contributed by atoms with Crippen molar-refractivity contribution in [1.82, 2.24) is 4.98 Å². The van der Waals surface area contributed by atoms with E-state index >= 15 is 0 Å². The fourth-order valence-corrected chi connectivity index (χ4v) is 2.07. The topological polar surface area (TPSA) is 22.1 Å². The number of hydrogen-bond donors (Lipinski definition) is 0. The van der Waals surface area contributed by atoms with Crippen LogP contribution in [-0.2, 0) is 0 Å². The second-order valence-electron chi connectivity index (χ2n) is 3.88. The molecule has 0 spiro atoms. The van der Waals surface area contributed by atoms with Crippen molar-refractivity contribution < 1.29 is 4.74 Å². The molecule has 0 N–H and O–H groups in total. The third-order valence-corrected chi connectivity index (χ3v) is 3.02. The molecule has 3 aromatic rings. The van der Waals surface area contributed by atoms with Crippen LogP contribution in [0.3, 0.4) is 0 Å². The quantitative estimate of drug-likeness (QED) is 0.602. The normalized spacial score (nSPS) is 10.9. The minimum absolute atomic E-state index is 0.701. The van der Waals surface area contributed by atoms with Crippen LogP contribution in [0.2, 0.25) is 5.02 Å². The maximum atomic E-state index is 5.96. The molecule has 0 aliphatic carbocycles. The van der Waals surface area contributed by atoms with Crippen molar-refractivity contribution >= 4 is 33.4 Å². The zero-order chi connectivity index (χ0) is 11.8. The Bertz CT molecular complexity index is 709. The lowest BCUT2D eigenvalue weighted by Gasteiger charge is -2.04. The van der Waals surface area contributed by atoms with Crippen molar-refractivity contribution in [3.05, 3.63) is 47.5 Å². The zero-order valence-electron chi connectivity index (χ0n) is 9.27. The van der Waals surface area contributed by atoms with Gasteiger partial charge in [-0.05, 0) is 30.3 Å². The Labute approximate surface area is 104 Å². The number of halogens is 1. The van der Waals surface area contributed by atoms with Crippen molar-refractivity contribution in [3.63, 3.8) is 0 Å². The molecular formula is C14H10ClNO. The van der Waals surface area contributed by atoms with E-state index < -0.39 is 0 Å². The van der Waals surface area contributed by atoms with Gasteiger partial charge in [0.15, 0.2) is 0 Å². The lowest BCUT2D eigenvalue weighted by Crippen LogP contribution is -1.86. The molecule has 0 saturated carbocycles. The third-order valence-electron chi connectivity index (χ3n) is 2.78. The number of pyridine rings is 1. The summed E-state index contributed by atoms with van der Waals surface area (Å²) in [6.45, 7) is 0. The van der Waals surface area contributed by atoms with Crippen molar-refractivity contribution in [2.45, 2.75) is 0 Å². The van der Waals surface area contributed by atoms with Gasteiger partial charge < -0.3 is 4.74 Å². The maximum absolute atomic E-state index is 5.96. The van der Waals surface area contributed by atoms with Gasteiger partial charge in [-0.1, -0.05) is 17.7 Å². The standard InChI is InChI=1S/C14H10ClNO/c1-17-12-5-3-10-6-9-2-4-11(15)7-13(9)16-14(10)8-12/h2-8H,1H3. The molecule has 17 heavy (non-hydrogen) atoms. The lowest BCUT2D eigenvalue weighted by molar-refractivity contribution is 0.415. The summed E-state index contributed by atoms with van der Waals surface area (Å²) in [5, 5.41) is 2.89. The van der Waals surface area contributed by atoms with E-state index in [2.05, 4.69) is 11.1 Å². The summed E-state index contributed by atoms with van der Waals surface area (Å²) in [5.74, 6) is 0.811. The summed E-state index contributed by atoms with van der Waals surface area (Å²) in [4.78, 5) is 4.58. The molecule has 0 saturated heterocycles. The smallest absolute Gasteiger partial charge is 0.121 e. The van der Waals surface area contributed by atoms with Gasteiger partial charge in [0.2, 0.25) is 0 Å². The summed E-state index contributed by atoms with van der Waals surface area (Å²) in [5.41, 5.74) is 1.82. The van der Waals surface area contributed by atoms with Crippen LogP contribution in [0.15, 0.2) is 42.5 Å². The molecule has 3 rings (SSSR count). The molecule has 1 heterocycles. The van der Waals surface area contributed by atoms with E-state index in [1.807, 2.05) is 36.4 Å². The fraction of sp³-hybridized carbons (Fsp3) is 0.0714. The van der Waals surface area contributed by atoms with E-state index in [0.717, 1.165) is 27.6 Å². The first-order valence-corrected chi connectivity index (χ1v) is 5.68. The summed E-state index contributed by atoms with van der Waals surface area (Å²) in [6, 6.07) is 13.7. The number of aromatic nitrogens is 1. The van der Waals surface area contributed by atoms with Gasteiger partial charge in [-0.25, -0.2) is 4.98 Å². The van der Waals surface area contributed by atoms with E-state index in [1.54, 1.807) is 7.11 Å². The molecule has 0 atom stereocenters. The van der Waals surface area contributed by atoms with Crippen LogP contribution < -0.4 is 4.74 Å². The molecule has 0 unspecified atom stereocenters. The van der Waals surface area contributed by atoms with Gasteiger partial charge in [-0.15, -0.1) is 0 Å². The zero-order valence-corrected chi connectivity index (χ0v) is 10.0. The monoisotopic (exact) mass is 243 g/mol. The summed E-state index contributed by atoms with van der Waals surface area (Å²) in [6.07, 6.45) is 0. The molecule has 2 nitrogen and oxygen atoms in total. The minimum Gasteiger partial charge on any atom is -0.497 e. The Hall–Kier alpha value is -1.80. The molecule has 3 heteroatoms. The number of hydrogen-bond acceptors (Lipinski definition) is 2. The third kappa shape index (κ3) is 1.81. The molecule has 0 radical (unpaired) electrons. The Morgan fingerprint density at radius 2 is 1.65 bits per heavy atom. The molecule has 0 fully saturated rings. The number of benzene rings is 2. The van der Waals surface area contributed by atoms with Crippen molar-refractivity contribution in [2.75, 3.05) is 7.11 Å². The number of fused-ring (bicyclic) bond motifs is 2. The highest BCUT2D eigenvalue weighted by Gasteiger charge is 2.02. The lowest BCUT2D eigenvalue weighted by atomic mass is 10.1. The number of methoxy groups -OCH3 is 1. The SMILES string of the molecule is COc1ccc2cc3ccc(Cl)cc3nc2c1. The number of rotatable bonds is 1. The Morgan fingerprint density at radius 1 is 0.941 bits per heavy atom. The number of ether oxygens (including phenoxy) is 1. The highest BCUT2D eigenvalue weighted by Crippen LogP contribution is 2.25. The maximum Gasteiger partial charge on any atom is 0.121 e. The molecule has 84 valence electrons. The first-order valence-electron chi connectivity index (χ1n) is 5.30. The summed E-state index contributed by atoms with van der Waals surface area (Å²) < 4.78 is 5.19. The number of nitrogens with zero attached hydrogens (tertiary/aromatic N) is 1. The largest absolute Gasteiger partial charge is 0.497 e. The van der Waals surface area contributed by atoms with E-state index in [4.69, 9.17) is 16.3 Å².